The first-order valence-electron chi connectivity index (χ1n) is 4.43. The maximum absolute atomic E-state index is 11.5. The van der Waals surface area contributed by atoms with Gasteiger partial charge in [-0.05, 0) is 19.1 Å². The minimum absolute atomic E-state index is 0.00795. The molecule has 0 aliphatic rings. The molecule has 0 aliphatic carbocycles. The Morgan fingerprint density at radius 3 is 2.07 bits per heavy atom. The van der Waals surface area contributed by atoms with Crippen LogP contribution >= 0.6 is 15.9 Å². The largest absolute Gasteiger partial charge is 0.465 e. The van der Waals surface area contributed by atoms with Crippen molar-refractivity contribution in [2.24, 2.45) is 0 Å². The summed E-state index contributed by atoms with van der Waals surface area (Å²) in [6.45, 7) is 1.76. The molecule has 0 bridgehead atoms. The summed E-state index contributed by atoms with van der Waals surface area (Å²) in [6, 6.07) is 6.39. The molecule has 3 nitrogen and oxygen atoms in total. The number of carbonyl (C=O) groups is 2. The van der Waals surface area contributed by atoms with E-state index < -0.39 is 5.97 Å². The zero-order valence-electron chi connectivity index (χ0n) is 8.49. The second kappa shape index (κ2) is 5.07. The molecule has 1 atom stereocenters. The van der Waals surface area contributed by atoms with Gasteiger partial charge < -0.3 is 4.74 Å². The number of benzene rings is 1. The molecule has 80 valence electrons. The third-order valence-corrected chi connectivity index (χ3v) is 2.37. The third kappa shape index (κ3) is 2.89. The highest BCUT2D eigenvalue weighted by molar-refractivity contribution is 9.10. The number of alkyl halides is 1. The van der Waals surface area contributed by atoms with Gasteiger partial charge in [0.15, 0.2) is 5.78 Å². The van der Waals surface area contributed by atoms with Gasteiger partial charge in [-0.1, -0.05) is 28.1 Å². The maximum Gasteiger partial charge on any atom is 0.337 e. The SMILES string of the molecule is COC(=O)c1ccc(C(=O)C(C)Br)cc1. The minimum Gasteiger partial charge on any atom is -0.465 e. The number of esters is 1. The van der Waals surface area contributed by atoms with Gasteiger partial charge in [-0.3, -0.25) is 4.79 Å². The summed E-state index contributed by atoms with van der Waals surface area (Å²) in [4.78, 5) is 22.4. The number of methoxy groups -OCH3 is 1. The fraction of sp³-hybridized carbons (Fsp3) is 0.273. The van der Waals surface area contributed by atoms with Crippen molar-refractivity contribution >= 4 is 27.7 Å². The molecule has 0 radical (unpaired) electrons. The second-order valence-corrected chi connectivity index (χ2v) is 4.42. The van der Waals surface area contributed by atoms with E-state index in [2.05, 4.69) is 20.7 Å². The molecule has 0 saturated carbocycles. The van der Waals surface area contributed by atoms with Crippen LogP contribution in [-0.4, -0.2) is 23.7 Å². The molecule has 0 N–H and O–H groups in total. The highest BCUT2D eigenvalue weighted by Crippen LogP contribution is 2.11. The first-order valence-corrected chi connectivity index (χ1v) is 5.34. The summed E-state index contributed by atoms with van der Waals surface area (Å²) in [7, 11) is 1.32. The summed E-state index contributed by atoms with van der Waals surface area (Å²) in [5.41, 5.74) is 1.02. The van der Waals surface area contributed by atoms with Crippen LogP contribution in [-0.2, 0) is 4.74 Å². The van der Waals surface area contributed by atoms with Gasteiger partial charge in [0.05, 0.1) is 17.5 Å². The molecule has 0 saturated heterocycles. The fourth-order valence-electron chi connectivity index (χ4n) is 1.12. The second-order valence-electron chi connectivity index (χ2n) is 3.05. The number of halogens is 1. The molecule has 4 heteroatoms. The minimum atomic E-state index is -0.402. The first-order chi connectivity index (χ1) is 7.06. The summed E-state index contributed by atoms with van der Waals surface area (Å²) < 4.78 is 4.55. The van der Waals surface area contributed by atoms with Gasteiger partial charge in [-0.2, -0.15) is 0 Å². The van der Waals surface area contributed by atoms with E-state index in [4.69, 9.17) is 0 Å². The van der Waals surface area contributed by atoms with Gasteiger partial charge in [-0.15, -0.1) is 0 Å². The molecule has 0 amide bonds. The maximum atomic E-state index is 11.5. The molecule has 1 aromatic carbocycles. The van der Waals surface area contributed by atoms with Crippen molar-refractivity contribution in [2.75, 3.05) is 7.11 Å². The summed E-state index contributed by atoms with van der Waals surface area (Å²) in [5.74, 6) is -0.410. The van der Waals surface area contributed by atoms with E-state index in [0.717, 1.165) is 0 Å². The van der Waals surface area contributed by atoms with Crippen molar-refractivity contribution in [3.8, 4) is 0 Å². The van der Waals surface area contributed by atoms with Gasteiger partial charge in [0.1, 0.15) is 0 Å². The number of carbonyl (C=O) groups excluding carboxylic acids is 2. The lowest BCUT2D eigenvalue weighted by Gasteiger charge is -2.03. The number of ether oxygens (including phenoxy) is 1. The Hall–Kier alpha value is -1.16. The van der Waals surface area contributed by atoms with Gasteiger partial charge in [0, 0.05) is 5.56 Å². The molecular formula is C11H11BrO3. The van der Waals surface area contributed by atoms with Gasteiger partial charge in [-0.25, -0.2) is 4.79 Å². The summed E-state index contributed by atoms with van der Waals surface area (Å²) in [6.07, 6.45) is 0. The Labute approximate surface area is 96.6 Å². The molecular weight excluding hydrogens is 260 g/mol. The number of hydrogen-bond donors (Lipinski definition) is 0. The van der Waals surface area contributed by atoms with Crippen LogP contribution in [0.1, 0.15) is 27.6 Å². The van der Waals surface area contributed by atoms with Gasteiger partial charge in [0.25, 0.3) is 0 Å². The number of hydrogen-bond acceptors (Lipinski definition) is 3. The summed E-state index contributed by atoms with van der Waals surface area (Å²) in [5, 5.41) is 0. The normalized spacial score (nSPS) is 11.9. The predicted molar refractivity (Wildman–Crippen MR) is 60.5 cm³/mol. The molecule has 0 aromatic heterocycles. The van der Waals surface area contributed by atoms with Crippen LogP contribution in [0.15, 0.2) is 24.3 Å². The molecule has 15 heavy (non-hydrogen) atoms. The lowest BCUT2D eigenvalue weighted by molar-refractivity contribution is 0.0600. The third-order valence-electron chi connectivity index (χ3n) is 1.95. The number of Topliss-reactive ketones (excluding diaryl/α,β-unsaturated/α-hetero) is 1. The zero-order chi connectivity index (χ0) is 11.4. The van der Waals surface area contributed by atoms with Crippen LogP contribution in [0, 0.1) is 0 Å². The highest BCUT2D eigenvalue weighted by Gasteiger charge is 2.12. The lowest BCUT2D eigenvalue weighted by atomic mass is 10.1. The van der Waals surface area contributed by atoms with E-state index >= 15 is 0 Å². The van der Waals surface area contributed by atoms with E-state index in [1.54, 1.807) is 31.2 Å². The number of rotatable bonds is 3. The fourth-order valence-corrected chi connectivity index (χ4v) is 1.38. The van der Waals surface area contributed by atoms with E-state index in [0.29, 0.717) is 11.1 Å². The Bertz CT molecular complexity index is 368. The lowest BCUT2D eigenvalue weighted by Crippen LogP contribution is -2.10. The Kier molecular flexibility index (Phi) is 4.03. The molecule has 1 rings (SSSR count). The van der Waals surface area contributed by atoms with Crippen LogP contribution in [0.4, 0.5) is 0 Å². The molecule has 0 aliphatic heterocycles. The van der Waals surface area contributed by atoms with Crippen LogP contribution in [0.5, 0.6) is 0 Å². The topological polar surface area (TPSA) is 43.4 Å². The summed E-state index contributed by atoms with van der Waals surface area (Å²) >= 11 is 3.20. The van der Waals surface area contributed by atoms with E-state index in [-0.39, 0.29) is 10.6 Å². The van der Waals surface area contributed by atoms with Gasteiger partial charge >= 0.3 is 5.97 Å². The quantitative estimate of drug-likeness (QED) is 0.482. The van der Waals surface area contributed by atoms with Crippen LogP contribution in [0.3, 0.4) is 0 Å². The molecule has 0 heterocycles. The Balaban J connectivity index is 2.90. The van der Waals surface area contributed by atoms with E-state index in [1.165, 1.54) is 7.11 Å². The van der Waals surface area contributed by atoms with Crippen LogP contribution < -0.4 is 0 Å². The van der Waals surface area contributed by atoms with E-state index in [1.807, 2.05) is 0 Å². The van der Waals surface area contributed by atoms with E-state index in [9.17, 15) is 9.59 Å². The van der Waals surface area contributed by atoms with Gasteiger partial charge in [0.2, 0.25) is 0 Å². The Morgan fingerprint density at radius 2 is 1.67 bits per heavy atom. The molecule has 1 aromatic rings. The molecule has 1 unspecified atom stereocenters. The smallest absolute Gasteiger partial charge is 0.337 e. The predicted octanol–water partition coefficient (Wildman–Crippen LogP) is 2.44. The average molecular weight is 271 g/mol. The van der Waals surface area contributed by atoms with Crippen molar-refractivity contribution in [1.82, 2.24) is 0 Å². The molecule has 0 spiro atoms. The standard InChI is InChI=1S/C11H11BrO3/c1-7(12)10(13)8-3-5-9(6-4-8)11(14)15-2/h3-7H,1-2H3. The highest BCUT2D eigenvalue weighted by atomic mass is 79.9. The molecule has 0 fully saturated rings. The number of ketones is 1. The van der Waals surface area contributed by atoms with Crippen molar-refractivity contribution in [3.63, 3.8) is 0 Å². The Morgan fingerprint density at radius 1 is 1.20 bits per heavy atom. The van der Waals surface area contributed by atoms with Crippen molar-refractivity contribution in [3.05, 3.63) is 35.4 Å². The van der Waals surface area contributed by atoms with Crippen molar-refractivity contribution in [1.29, 1.82) is 0 Å². The van der Waals surface area contributed by atoms with Crippen molar-refractivity contribution < 1.29 is 14.3 Å². The van der Waals surface area contributed by atoms with Crippen LogP contribution in [0.2, 0.25) is 0 Å². The van der Waals surface area contributed by atoms with Crippen LogP contribution in [0.25, 0.3) is 0 Å². The first kappa shape index (κ1) is 11.9. The average Bonchev–Trinajstić information content (AvgIpc) is 2.27. The zero-order valence-corrected chi connectivity index (χ0v) is 10.1. The van der Waals surface area contributed by atoms with Crippen molar-refractivity contribution in [2.45, 2.75) is 11.8 Å². The monoisotopic (exact) mass is 270 g/mol.